The summed E-state index contributed by atoms with van der Waals surface area (Å²) >= 11 is 1.63. The van der Waals surface area contributed by atoms with Gasteiger partial charge >= 0.3 is 0 Å². The fourth-order valence-corrected chi connectivity index (χ4v) is 3.80. The van der Waals surface area contributed by atoms with Crippen LogP contribution in [0, 0.1) is 0 Å². The number of fused-ring (bicyclic) bond motifs is 1. The molecule has 2 aromatic heterocycles. The Morgan fingerprint density at radius 2 is 1.74 bits per heavy atom. The molecule has 0 unspecified atom stereocenters. The normalized spacial score (nSPS) is 10.8. The van der Waals surface area contributed by atoms with E-state index in [1.165, 1.54) is 0 Å². The third kappa shape index (κ3) is 4.20. The Balaban J connectivity index is 1.44. The Hall–Kier alpha value is -3.05. The van der Waals surface area contributed by atoms with Crippen LogP contribution < -0.4 is 5.32 Å². The van der Waals surface area contributed by atoms with Gasteiger partial charge in [0.1, 0.15) is 5.65 Å². The molecule has 0 saturated heterocycles. The predicted molar refractivity (Wildman–Crippen MR) is 109 cm³/mol. The topological polar surface area (TPSA) is 46.4 Å². The van der Waals surface area contributed by atoms with Gasteiger partial charge in [-0.2, -0.15) is 0 Å². The minimum absolute atomic E-state index is 0.0584. The third-order valence-corrected chi connectivity index (χ3v) is 5.32. The molecule has 0 radical (unpaired) electrons. The second kappa shape index (κ2) is 8.10. The molecule has 2 heterocycles. The zero-order chi connectivity index (χ0) is 18.5. The largest absolute Gasteiger partial charge is 0.348 e. The maximum Gasteiger partial charge on any atom is 0.252 e. The van der Waals surface area contributed by atoms with Crippen molar-refractivity contribution in [2.45, 2.75) is 17.2 Å². The number of nitrogens with one attached hydrogen (secondary N) is 1. The molecule has 0 aliphatic rings. The van der Waals surface area contributed by atoms with Gasteiger partial charge in [-0.3, -0.25) is 4.79 Å². The minimum atomic E-state index is -0.0584. The zero-order valence-electron chi connectivity index (χ0n) is 14.7. The van der Waals surface area contributed by atoms with Crippen LogP contribution in [-0.4, -0.2) is 15.3 Å². The van der Waals surface area contributed by atoms with Crippen LogP contribution in [0.4, 0.5) is 0 Å². The first-order valence-electron chi connectivity index (χ1n) is 8.76. The number of thioether (sulfide) groups is 1. The van der Waals surface area contributed by atoms with Crippen molar-refractivity contribution in [1.29, 1.82) is 0 Å². The Morgan fingerprint density at radius 3 is 2.59 bits per heavy atom. The molecule has 0 spiro atoms. The van der Waals surface area contributed by atoms with Crippen molar-refractivity contribution in [3.8, 4) is 0 Å². The molecule has 1 N–H and O–H groups in total. The number of carbonyl (C=O) groups is 1. The summed E-state index contributed by atoms with van der Waals surface area (Å²) in [5.74, 6) is 0.655. The molecule has 27 heavy (non-hydrogen) atoms. The SMILES string of the molecule is O=C(NCc1ccccc1)c1ccccc1SCc1cn2ccccc2n1. The van der Waals surface area contributed by atoms with E-state index in [1.54, 1.807) is 11.8 Å². The van der Waals surface area contributed by atoms with E-state index >= 15 is 0 Å². The number of hydrogen-bond acceptors (Lipinski definition) is 3. The number of pyridine rings is 1. The van der Waals surface area contributed by atoms with E-state index in [4.69, 9.17) is 0 Å². The Labute approximate surface area is 162 Å². The highest BCUT2D eigenvalue weighted by Gasteiger charge is 2.12. The molecule has 4 aromatic rings. The number of benzene rings is 2. The van der Waals surface area contributed by atoms with Crippen LogP contribution in [0.5, 0.6) is 0 Å². The number of rotatable bonds is 6. The van der Waals surface area contributed by atoms with Crippen molar-refractivity contribution in [2.24, 2.45) is 0 Å². The molecule has 4 nitrogen and oxygen atoms in total. The van der Waals surface area contributed by atoms with Gasteiger partial charge in [0.25, 0.3) is 5.91 Å². The van der Waals surface area contributed by atoms with Gasteiger partial charge in [-0.15, -0.1) is 11.8 Å². The van der Waals surface area contributed by atoms with Gasteiger partial charge in [0.05, 0.1) is 11.3 Å². The van der Waals surface area contributed by atoms with Crippen LogP contribution >= 0.6 is 11.8 Å². The van der Waals surface area contributed by atoms with Crippen molar-refractivity contribution >= 4 is 23.3 Å². The summed E-state index contributed by atoms with van der Waals surface area (Å²) in [6.07, 6.45) is 4.02. The average Bonchev–Trinajstić information content (AvgIpc) is 3.14. The molecule has 134 valence electrons. The minimum Gasteiger partial charge on any atom is -0.348 e. The van der Waals surface area contributed by atoms with E-state index in [0.29, 0.717) is 17.9 Å². The lowest BCUT2D eigenvalue weighted by Gasteiger charge is -2.09. The Bertz CT molecular complexity index is 1030. The second-order valence-corrected chi connectivity index (χ2v) is 7.17. The maximum atomic E-state index is 12.6. The fraction of sp³-hybridized carbons (Fsp3) is 0.0909. The molecule has 1 amide bonds. The van der Waals surface area contributed by atoms with Crippen molar-refractivity contribution in [3.63, 3.8) is 0 Å². The fourth-order valence-electron chi connectivity index (χ4n) is 2.86. The number of imidazole rings is 1. The summed E-state index contributed by atoms with van der Waals surface area (Å²) in [6, 6.07) is 23.6. The van der Waals surface area contributed by atoms with Gasteiger partial charge in [-0.25, -0.2) is 4.98 Å². The molecule has 0 aliphatic carbocycles. The first-order valence-corrected chi connectivity index (χ1v) is 9.75. The molecular weight excluding hydrogens is 354 g/mol. The molecule has 2 aromatic carbocycles. The second-order valence-electron chi connectivity index (χ2n) is 6.15. The van der Waals surface area contributed by atoms with Crippen LogP contribution in [0.3, 0.4) is 0 Å². The molecule has 0 fully saturated rings. The third-order valence-electron chi connectivity index (χ3n) is 4.22. The summed E-state index contributed by atoms with van der Waals surface area (Å²) < 4.78 is 2.01. The lowest BCUT2D eigenvalue weighted by atomic mass is 10.2. The summed E-state index contributed by atoms with van der Waals surface area (Å²) in [5, 5.41) is 3.00. The highest BCUT2D eigenvalue weighted by atomic mass is 32.2. The predicted octanol–water partition coefficient (Wildman–Crippen LogP) is 4.56. The van der Waals surface area contributed by atoms with Gasteiger partial charge in [0, 0.05) is 29.6 Å². The van der Waals surface area contributed by atoms with E-state index in [0.717, 1.165) is 21.8 Å². The first kappa shape index (κ1) is 17.4. The number of amides is 1. The lowest BCUT2D eigenvalue weighted by molar-refractivity contribution is 0.0948. The smallest absolute Gasteiger partial charge is 0.252 e. The van der Waals surface area contributed by atoms with Gasteiger partial charge in [-0.1, -0.05) is 48.5 Å². The standard InChI is InChI=1S/C22H19N3OS/c26-22(23-14-17-8-2-1-3-9-17)19-10-4-5-11-20(19)27-16-18-15-25-13-7-6-12-21(25)24-18/h1-13,15H,14,16H2,(H,23,26). The molecule has 0 bridgehead atoms. The Kier molecular flexibility index (Phi) is 5.21. The molecular formula is C22H19N3OS. The molecule has 0 atom stereocenters. The zero-order valence-corrected chi connectivity index (χ0v) is 15.5. The lowest BCUT2D eigenvalue weighted by Crippen LogP contribution is -2.23. The van der Waals surface area contributed by atoms with E-state index in [2.05, 4.69) is 10.3 Å². The highest BCUT2D eigenvalue weighted by Crippen LogP contribution is 2.26. The van der Waals surface area contributed by atoms with Crippen LogP contribution in [-0.2, 0) is 12.3 Å². The van der Waals surface area contributed by atoms with Crippen LogP contribution in [0.15, 0.2) is 90.1 Å². The van der Waals surface area contributed by atoms with Gasteiger partial charge < -0.3 is 9.72 Å². The van der Waals surface area contributed by atoms with Crippen molar-refractivity contribution < 1.29 is 4.79 Å². The molecule has 0 saturated carbocycles. The number of carbonyl (C=O) groups excluding carboxylic acids is 1. The summed E-state index contributed by atoms with van der Waals surface area (Å²) in [4.78, 5) is 18.2. The van der Waals surface area contributed by atoms with Crippen molar-refractivity contribution in [3.05, 3.63) is 102 Å². The monoisotopic (exact) mass is 373 g/mol. The summed E-state index contributed by atoms with van der Waals surface area (Å²) in [5.41, 5.74) is 3.70. The Morgan fingerprint density at radius 1 is 0.963 bits per heavy atom. The van der Waals surface area contributed by atoms with E-state index in [1.807, 2.05) is 89.6 Å². The van der Waals surface area contributed by atoms with Crippen LogP contribution in [0.25, 0.3) is 5.65 Å². The summed E-state index contributed by atoms with van der Waals surface area (Å²) in [7, 11) is 0. The van der Waals surface area contributed by atoms with Crippen molar-refractivity contribution in [2.75, 3.05) is 0 Å². The average molecular weight is 373 g/mol. The van der Waals surface area contributed by atoms with E-state index < -0.39 is 0 Å². The van der Waals surface area contributed by atoms with Crippen LogP contribution in [0.2, 0.25) is 0 Å². The molecule has 4 rings (SSSR count). The quantitative estimate of drug-likeness (QED) is 0.504. The number of nitrogens with zero attached hydrogens (tertiary/aromatic N) is 2. The number of aromatic nitrogens is 2. The maximum absolute atomic E-state index is 12.6. The van der Waals surface area contributed by atoms with Crippen LogP contribution in [0.1, 0.15) is 21.6 Å². The van der Waals surface area contributed by atoms with E-state index in [9.17, 15) is 4.79 Å². The van der Waals surface area contributed by atoms with E-state index in [-0.39, 0.29) is 5.91 Å². The molecule has 5 heteroatoms. The molecule has 0 aliphatic heterocycles. The first-order chi connectivity index (χ1) is 13.3. The van der Waals surface area contributed by atoms with Crippen molar-refractivity contribution in [1.82, 2.24) is 14.7 Å². The van der Waals surface area contributed by atoms with Gasteiger partial charge in [-0.05, 0) is 29.8 Å². The summed E-state index contributed by atoms with van der Waals surface area (Å²) in [6.45, 7) is 0.519. The van der Waals surface area contributed by atoms with Gasteiger partial charge in [0.2, 0.25) is 0 Å². The highest BCUT2D eigenvalue weighted by molar-refractivity contribution is 7.98. The van der Waals surface area contributed by atoms with Gasteiger partial charge in [0.15, 0.2) is 0 Å². The number of hydrogen-bond donors (Lipinski definition) is 1.